The first kappa shape index (κ1) is 14.5. The summed E-state index contributed by atoms with van der Waals surface area (Å²) in [5.74, 6) is 0.674. The van der Waals surface area contributed by atoms with Crippen molar-refractivity contribution in [2.45, 2.75) is 29.4 Å². The molecule has 0 saturated heterocycles. The lowest BCUT2D eigenvalue weighted by Crippen LogP contribution is -2.08. The molecule has 3 aromatic rings. The molecule has 2 nitrogen and oxygen atoms in total. The smallest absolute Gasteiger partial charge is 0.128 e. The molecular formula is C20H18O2S. The van der Waals surface area contributed by atoms with Crippen LogP contribution < -0.4 is 0 Å². The summed E-state index contributed by atoms with van der Waals surface area (Å²) in [6.45, 7) is 0. The fraction of sp³-hybridized carbons (Fsp3) is 0.200. The molecule has 3 heteroatoms. The van der Waals surface area contributed by atoms with E-state index in [4.69, 9.17) is 0 Å². The molecule has 0 heterocycles. The first-order chi connectivity index (χ1) is 11.3. The monoisotopic (exact) mass is 322 g/mol. The molecule has 1 aliphatic rings. The molecule has 2 N–H and O–H groups in total. The zero-order chi connectivity index (χ0) is 15.8. The molecule has 23 heavy (non-hydrogen) atoms. The second kappa shape index (κ2) is 5.82. The van der Waals surface area contributed by atoms with E-state index in [9.17, 15) is 10.2 Å². The van der Waals surface area contributed by atoms with Crippen LogP contribution in [0.2, 0.25) is 0 Å². The number of thioether (sulfide) groups is 1. The Bertz CT molecular complexity index is 858. The molecule has 0 fully saturated rings. The first-order valence-corrected chi connectivity index (χ1v) is 8.81. The summed E-state index contributed by atoms with van der Waals surface area (Å²) < 4.78 is 0. The van der Waals surface area contributed by atoms with E-state index in [1.807, 2.05) is 42.5 Å². The van der Waals surface area contributed by atoms with Crippen LogP contribution in [0.4, 0.5) is 0 Å². The van der Waals surface area contributed by atoms with E-state index in [1.54, 1.807) is 11.8 Å². The van der Waals surface area contributed by atoms with E-state index in [-0.39, 0.29) is 5.25 Å². The van der Waals surface area contributed by atoms with Crippen molar-refractivity contribution in [3.8, 4) is 11.5 Å². The number of fused-ring (bicyclic) bond motifs is 2. The lowest BCUT2D eigenvalue weighted by molar-refractivity contribution is 0.448. The normalized spacial score (nSPS) is 17.1. The molecule has 3 aromatic carbocycles. The summed E-state index contributed by atoms with van der Waals surface area (Å²) >= 11 is 1.77. The van der Waals surface area contributed by atoms with Crippen molar-refractivity contribution in [1.29, 1.82) is 0 Å². The maximum Gasteiger partial charge on any atom is 0.128 e. The Labute approximate surface area is 139 Å². The Hall–Kier alpha value is -2.13. The summed E-state index contributed by atoms with van der Waals surface area (Å²) in [7, 11) is 0. The molecule has 0 bridgehead atoms. The minimum absolute atomic E-state index is 0.177. The van der Waals surface area contributed by atoms with Gasteiger partial charge in [0, 0.05) is 32.0 Å². The average molecular weight is 322 g/mol. The number of hydrogen-bond acceptors (Lipinski definition) is 3. The largest absolute Gasteiger partial charge is 0.507 e. The van der Waals surface area contributed by atoms with E-state index in [0.29, 0.717) is 11.5 Å². The third kappa shape index (κ3) is 2.45. The average Bonchev–Trinajstić information content (AvgIpc) is 2.60. The van der Waals surface area contributed by atoms with Gasteiger partial charge in [-0.15, -0.1) is 11.8 Å². The van der Waals surface area contributed by atoms with Gasteiger partial charge in [0.1, 0.15) is 11.5 Å². The fourth-order valence-corrected chi connectivity index (χ4v) is 4.76. The number of aromatic hydroxyl groups is 2. The Balaban J connectivity index is 1.87. The number of hydrogen-bond donors (Lipinski definition) is 2. The summed E-state index contributed by atoms with van der Waals surface area (Å²) in [6.07, 6.45) is 2.87. The van der Waals surface area contributed by atoms with Crippen LogP contribution in [0.15, 0.2) is 59.5 Å². The fourth-order valence-electron chi connectivity index (χ4n) is 3.46. The third-order valence-electron chi connectivity index (χ3n) is 4.54. The van der Waals surface area contributed by atoms with Gasteiger partial charge >= 0.3 is 0 Å². The van der Waals surface area contributed by atoms with Gasteiger partial charge in [0.25, 0.3) is 0 Å². The number of phenols is 2. The van der Waals surface area contributed by atoms with Crippen molar-refractivity contribution < 1.29 is 10.2 Å². The highest BCUT2D eigenvalue weighted by Crippen LogP contribution is 2.52. The second-order valence-corrected chi connectivity index (χ2v) is 7.22. The second-order valence-electron chi connectivity index (χ2n) is 5.95. The van der Waals surface area contributed by atoms with Crippen LogP contribution >= 0.6 is 11.8 Å². The Morgan fingerprint density at radius 3 is 2.22 bits per heavy atom. The molecule has 0 spiro atoms. The molecule has 0 radical (unpaired) electrons. The minimum Gasteiger partial charge on any atom is -0.507 e. The summed E-state index contributed by atoms with van der Waals surface area (Å²) in [5.41, 5.74) is 1.84. The summed E-state index contributed by atoms with van der Waals surface area (Å²) in [6, 6.07) is 17.8. The Kier molecular flexibility index (Phi) is 3.66. The van der Waals surface area contributed by atoms with Gasteiger partial charge in [-0.1, -0.05) is 42.5 Å². The standard InChI is InChI=1S/C20H18O2S/c21-19-14-9-4-5-10-15(14)20(22)18-16(19)11-6-12-17(18)23-13-7-2-1-3-8-13/h1-5,7-10,17,21-22H,6,11-12H2. The van der Waals surface area contributed by atoms with Crippen LogP contribution in [0, 0.1) is 0 Å². The van der Waals surface area contributed by atoms with Crippen molar-refractivity contribution in [3.63, 3.8) is 0 Å². The van der Waals surface area contributed by atoms with Crippen LogP contribution in [0.1, 0.15) is 29.2 Å². The van der Waals surface area contributed by atoms with E-state index >= 15 is 0 Å². The minimum atomic E-state index is 0.177. The van der Waals surface area contributed by atoms with E-state index < -0.39 is 0 Å². The van der Waals surface area contributed by atoms with E-state index in [0.717, 1.165) is 41.2 Å². The molecule has 0 aromatic heterocycles. The maximum atomic E-state index is 10.8. The number of rotatable bonds is 2. The molecule has 1 atom stereocenters. The highest BCUT2D eigenvalue weighted by Gasteiger charge is 2.28. The van der Waals surface area contributed by atoms with Gasteiger partial charge in [-0.3, -0.25) is 0 Å². The first-order valence-electron chi connectivity index (χ1n) is 7.93. The zero-order valence-electron chi connectivity index (χ0n) is 12.7. The van der Waals surface area contributed by atoms with Gasteiger partial charge in [0.15, 0.2) is 0 Å². The summed E-state index contributed by atoms with van der Waals surface area (Å²) in [4.78, 5) is 1.19. The third-order valence-corrected chi connectivity index (χ3v) is 5.84. The van der Waals surface area contributed by atoms with Gasteiger partial charge in [-0.05, 0) is 31.4 Å². The van der Waals surface area contributed by atoms with Gasteiger partial charge < -0.3 is 10.2 Å². The predicted octanol–water partition coefficient (Wildman–Crippen LogP) is 5.42. The molecule has 1 aliphatic carbocycles. The molecule has 0 saturated carbocycles. The zero-order valence-corrected chi connectivity index (χ0v) is 13.5. The lowest BCUT2D eigenvalue weighted by Gasteiger charge is -2.28. The van der Waals surface area contributed by atoms with Gasteiger partial charge in [0.05, 0.1) is 0 Å². The lowest BCUT2D eigenvalue weighted by atomic mass is 9.87. The van der Waals surface area contributed by atoms with E-state index in [1.165, 1.54) is 4.90 Å². The molecule has 1 unspecified atom stereocenters. The quantitative estimate of drug-likeness (QED) is 0.619. The van der Waals surface area contributed by atoms with Crippen LogP contribution in [0.25, 0.3) is 10.8 Å². The number of benzene rings is 3. The van der Waals surface area contributed by atoms with Crippen LogP contribution in [-0.2, 0) is 6.42 Å². The van der Waals surface area contributed by atoms with Gasteiger partial charge in [-0.2, -0.15) is 0 Å². The Morgan fingerprint density at radius 2 is 1.48 bits per heavy atom. The predicted molar refractivity (Wildman–Crippen MR) is 95.3 cm³/mol. The number of phenolic OH excluding ortho intramolecular Hbond substituents is 2. The molecule has 116 valence electrons. The van der Waals surface area contributed by atoms with Gasteiger partial charge in [-0.25, -0.2) is 0 Å². The Morgan fingerprint density at radius 1 is 0.826 bits per heavy atom. The van der Waals surface area contributed by atoms with Gasteiger partial charge in [0.2, 0.25) is 0 Å². The highest BCUT2D eigenvalue weighted by atomic mass is 32.2. The molecule has 0 amide bonds. The van der Waals surface area contributed by atoms with Crippen LogP contribution in [0.5, 0.6) is 11.5 Å². The van der Waals surface area contributed by atoms with E-state index in [2.05, 4.69) is 12.1 Å². The maximum absolute atomic E-state index is 10.8. The van der Waals surface area contributed by atoms with Crippen molar-refractivity contribution >= 4 is 22.5 Å². The van der Waals surface area contributed by atoms with Crippen molar-refractivity contribution in [1.82, 2.24) is 0 Å². The van der Waals surface area contributed by atoms with Crippen LogP contribution in [-0.4, -0.2) is 10.2 Å². The SMILES string of the molecule is Oc1c2c(c(O)c3ccccc13)C(Sc1ccccc1)CCC2. The van der Waals surface area contributed by atoms with Crippen molar-refractivity contribution in [2.24, 2.45) is 0 Å². The van der Waals surface area contributed by atoms with Crippen molar-refractivity contribution in [3.05, 3.63) is 65.7 Å². The van der Waals surface area contributed by atoms with Crippen LogP contribution in [0.3, 0.4) is 0 Å². The summed E-state index contributed by atoms with van der Waals surface area (Å²) in [5, 5.41) is 23.2. The highest BCUT2D eigenvalue weighted by molar-refractivity contribution is 7.99. The topological polar surface area (TPSA) is 40.5 Å². The molecule has 0 aliphatic heterocycles. The van der Waals surface area contributed by atoms with Crippen molar-refractivity contribution in [2.75, 3.05) is 0 Å². The molecule has 4 rings (SSSR count). The molecular weight excluding hydrogens is 304 g/mol.